The molecule has 2 aromatic rings. The van der Waals surface area contributed by atoms with Crippen LogP contribution in [-0.2, 0) is 11.3 Å². The first kappa shape index (κ1) is 18.2. The van der Waals surface area contributed by atoms with Gasteiger partial charge in [-0.1, -0.05) is 38.5 Å². The van der Waals surface area contributed by atoms with Gasteiger partial charge in [-0.2, -0.15) is 5.10 Å². The first-order valence-corrected chi connectivity index (χ1v) is 10.5. The van der Waals surface area contributed by atoms with Gasteiger partial charge in [0, 0.05) is 19.1 Å². The molecule has 0 atom stereocenters. The van der Waals surface area contributed by atoms with Gasteiger partial charge in [0.2, 0.25) is 5.91 Å². The van der Waals surface area contributed by atoms with Crippen LogP contribution < -0.4 is 10.2 Å². The van der Waals surface area contributed by atoms with Gasteiger partial charge in [0.05, 0.1) is 11.6 Å². The molecule has 1 aliphatic carbocycles. The van der Waals surface area contributed by atoms with Gasteiger partial charge >= 0.3 is 0 Å². The third-order valence-electron chi connectivity index (χ3n) is 5.83. The number of anilines is 1. The summed E-state index contributed by atoms with van der Waals surface area (Å²) in [6.07, 6.45) is 15.5. The highest BCUT2D eigenvalue weighted by molar-refractivity contribution is 5.87. The lowest BCUT2D eigenvalue weighted by Gasteiger charge is -2.21. The molecule has 1 N–H and O–H groups in total. The molecule has 4 rings (SSSR count). The Labute approximate surface area is 160 Å². The summed E-state index contributed by atoms with van der Waals surface area (Å²) in [5.41, 5.74) is 0.750. The molecule has 1 aliphatic heterocycles. The summed E-state index contributed by atoms with van der Waals surface area (Å²) in [6.45, 7) is 2.27. The summed E-state index contributed by atoms with van der Waals surface area (Å²) < 4.78 is 1.71. The molecule has 3 heterocycles. The fraction of sp³-hybridized carbons (Fsp3) is 0.700. The second-order valence-corrected chi connectivity index (χ2v) is 7.89. The second kappa shape index (κ2) is 8.67. The van der Waals surface area contributed by atoms with Crippen LogP contribution in [0.25, 0.3) is 11.0 Å². The van der Waals surface area contributed by atoms with Crippen LogP contribution >= 0.6 is 0 Å². The van der Waals surface area contributed by atoms with Gasteiger partial charge in [-0.05, 0) is 25.7 Å². The van der Waals surface area contributed by atoms with Crippen LogP contribution in [0.5, 0.6) is 0 Å². The standard InChI is InChI=1S/C20H30N6O/c27-18(24-16-9-5-1-2-6-10-16)14-26-20-17(13-23-26)19(21-15-22-20)25-11-7-3-4-8-12-25/h13,15-16H,1-12,14H2,(H,24,27). The number of amides is 1. The molecule has 7 nitrogen and oxygen atoms in total. The number of hydrogen-bond acceptors (Lipinski definition) is 5. The van der Waals surface area contributed by atoms with E-state index in [0.29, 0.717) is 6.04 Å². The van der Waals surface area contributed by atoms with Gasteiger partial charge in [0.25, 0.3) is 0 Å². The Morgan fingerprint density at radius 1 is 1.00 bits per heavy atom. The lowest BCUT2D eigenvalue weighted by atomic mass is 10.1. The van der Waals surface area contributed by atoms with Crippen LogP contribution in [-0.4, -0.2) is 44.8 Å². The molecule has 1 amide bonds. The largest absolute Gasteiger partial charge is 0.356 e. The van der Waals surface area contributed by atoms with Crippen molar-refractivity contribution in [2.45, 2.75) is 76.8 Å². The van der Waals surface area contributed by atoms with Crippen molar-refractivity contribution in [3.05, 3.63) is 12.5 Å². The number of fused-ring (bicyclic) bond motifs is 1. The van der Waals surface area contributed by atoms with E-state index < -0.39 is 0 Å². The van der Waals surface area contributed by atoms with Gasteiger partial charge in [-0.25, -0.2) is 14.6 Å². The number of nitrogens with zero attached hydrogens (tertiary/aromatic N) is 5. The molecule has 2 aliphatic rings. The van der Waals surface area contributed by atoms with E-state index in [1.165, 1.54) is 51.4 Å². The van der Waals surface area contributed by atoms with Crippen molar-refractivity contribution < 1.29 is 4.79 Å². The molecular formula is C20H30N6O. The SMILES string of the molecule is O=C(Cn1ncc2c(N3CCCCCC3)ncnc21)NC1CCCCCC1. The van der Waals surface area contributed by atoms with Gasteiger partial charge < -0.3 is 10.2 Å². The van der Waals surface area contributed by atoms with Crippen LogP contribution in [0.1, 0.15) is 64.2 Å². The van der Waals surface area contributed by atoms with Crippen LogP contribution in [0.3, 0.4) is 0 Å². The number of aromatic nitrogens is 4. The Morgan fingerprint density at radius 2 is 1.70 bits per heavy atom. The second-order valence-electron chi connectivity index (χ2n) is 7.89. The average molecular weight is 371 g/mol. The fourth-order valence-corrected chi connectivity index (χ4v) is 4.36. The quantitative estimate of drug-likeness (QED) is 0.837. The molecule has 0 spiro atoms. The molecule has 2 aromatic heterocycles. The van der Waals surface area contributed by atoms with E-state index >= 15 is 0 Å². The predicted molar refractivity (Wildman–Crippen MR) is 106 cm³/mol. The van der Waals surface area contributed by atoms with E-state index in [4.69, 9.17) is 0 Å². The molecule has 1 saturated carbocycles. The maximum Gasteiger partial charge on any atom is 0.242 e. The summed E-state index contributed by atoms with van der Waals surface area (Å²) >= 11 is 0. The number of carbonyl (C=O) groups excluding carboxylic acids is 1. The van der Waals surface area contributed by atoms with Crippen molar-refractivity contribution in [1.29, 1.82) is 0 Å². The number of hydrogen-bond donors (Lipinski definition) is 1. The topological polar surface area (TPSA) is 75.9 Å². The van der Waals surface area contributed by atoms with Gasteiger partial charge in [-0.15, -0.1) is 0 Å². The van der Waals surface area contributed by atoms with Crippen LogP contribution in [0.2, 0.25) is 0 Å². The summed E-state index contributed by atoms with van der Waals surface area (Å²) in [7, 11) is 0. The first-order valence-electron chi connectivity index (χ1n) is 10.5. The molecule has 2 fully saturated rings. The first-order chi connectivity index (χ1) is 13.3. The summed E-state index contributed by atoms with van der Waals surface area (Å²) in [6, 6.07) is 0.309. The monoisotopic (exact) mass is 370 g/mol. The minimum Gasteiger partial charge on any atom is -0.356 e. The highest BCUT2D eigenvalue weighted by Crippen LogP contribution is 2.25. The van der Waals surface area contributed by atoms with E-state index in [1.54, 1.807) is 11.0 Å². The van der Waals surface area contributed by atoms with E-state index in [9.17, 15) is 4.79 Å². The summed E-state index contributed by atoms with van der Waals surface area (Å²) in [5, 5.41) is 8.59. The lowest BCUT2D eigenvalue weighted by Crippen LogP contribution is -2.36. The third-order valence-corrected chi connectivity index (χ3v) is 5.83. The number of nitrogens with one attached hydrogen (secondary N) is 1. The normalized spacial score (nSPS) is 19.6. The van der Waals surface area contributed by atoms with Gasteiger partial charge in [0.1, 0.15) is 18.7 Å². The zero-order chi connectivity index (χ0) is 18.5. The van der Waals surface area contributed by atoms with Crippen LogP contribution in [0.4, 0.5) is 5.82 Å². The highest BCUT2D eigenvalue weighted by atomic mass is 16.2. The van der Waals surface area contributed by atoms with Crippen LogP contribution in [0, 0.1) is 0 Å². The third kappa shape index (κ3) is 4.39. The maximum atomic E-state index is 12.5. The molecule has 0 unspecified atom stereocenters. The van der Waals surface area contributed by atoms with Crippen molar-refractivity contribution in [3.63, 3.8) is 0 Å². The molecule has 146 valence electrons. The summed E-state index contributed by atoms with van der Waals surface area (Å²) in [5.74, 6) is 0.985. The molecule has 0 radical (unpaired) electrons. The maximum absolute atomic E-state index is 12.5. The average Bonchev–Trinajstić information content (AvgIpc) is 2.89. The number of rotatable bonds is 4. The predicted octanol–water partition coefficient (Wildman–Crippen LogP) is 3.05. The van der Waals surface area contributed by atoms with E-state index in [2.05, 4.69) is 25.3 Å². The molecule has 1 saturated heterocycles. The highest BCUT2D eigenvalue weighted by Gasteiger charge is 2.19. The minimum absolute atomic E-state index is 0.0295. The van der Waals surface area contributed by atoms with Gasteiger partial charge in [0.15, 0.2) is 5.65 Å². The minimum atomic E-state index is 0.0295. The lowest BCUT2D eigenvalue weighted by molar-refractivity contribution is -0.122. The van der Waals surface area contributed by atoms with Crippen molar-refractivity contribution in [3.8, 4) is 0 Å². The molecule has 7 heteroatoms. The Morgan fingerprint density at radius 3 is 2.44 bits per heavy atom. The smallest absolute Gasteiger partial charge is 0.242 e. The molecule has 0 aromatic carbocycles. The van der Waals surface area contributed by atoms with Crippen LogP contribution in [0.15, 0.2) is 12.5 Å². The van der Waals surface area contributed by atoms with Gasteiger partial charge in [-0.3, -0.25) is 4.79 Å². The van der Waals surface area contributed by atoms with E-state index in [0.717, 1.165) is 42.8 Å². The van der Waals surface area contributed by atoms with Crippen molar-refractivity contribution in [2.24, 2.45) is 0 Å². The van der Waals surface area contributed by atoms with Crippen molar-refractivity contribution >= 4 is 22.8 Å². The fourth-order valence-electron chi connectivity index (χ4n) is 4.36. The summed E-state index contributed by atoms with van der Waals surface area (Å²) in [4.78, 5) is 23.8. The Bertz CT molecular complexity index is 757. The van der Waals surface area contributed by atoms with Crippen molar-refractivity contribution in [2.75, 3.05) is 18.0 Å². The van der Waals surface area contributed by atoms with E-state index in [1.807, 2.05) is 6.20 Å². The molecule has 0 bridgehead atoms. The zero-order valence-electron chi connectivity index (χ0n) is 16.1. The Hall–Kier alpha value is -2.18. The zero-order valence-corrected chi connectivity index (χ0v) is 16.1. The number of carbonyl (C=O) groups is 1. The Kier molecular flexibility index (Phi) is 5.84. The molecule has 27 heavy (non-hydrogen) atoms. The van der Waals surface area contributed by atoms with Crippen molar-refractivity contribution in [1.82, 2.24) is 25.1 Å². The van der Waals surface area contributed by atoms with E-state index in [-0.39, 0.29) is 12.5 Å². The Balaban J connectivity index is 1.47. The molecular weight excluding hydrogens is 340 g/mol.